The minimum absolute atomic E-state index is 0.678. The van der Waals surface area contributed by atoms with Crippen molar-refractivity contribution in [2.75, 3.05) is 6.54 Å². The number of hydrogen-bond acceptors (Lipinski definition) is 2. The first kappa shape index (κ1) is 8.72. The fourth-order valence-corrected chi connectivity index (χ4v) is 1.70. The Morgan fingerprint density at radius 3 is 3.08 bits per heavy atom. The van der Waals surface area contributed by atoms with E-state index in [-0.39, 0.29) is 0 Å². The molecule has 0 unspecified atom stereocenters. The third-order valence-electron chi connectivity index (χ3n) is 1.95. The van der Waals surface area contributed by atoms with E-state index in [1.165, 1.54) is 5.56 Å². The zero-order valence-electron chi connectivity index (χ0n) is 7.07. The Morgan fingerprint density at radius 1 is 1.46 bits per heavy atom. The summed E-state index contributed by atoms with van der Waals surface area (Å²) in [5, 5.41) is 0. The van der Waals surface area contributed by atoms with Gasteiger partial charge in [0.15, 0.2) is 0 Å². The number of fused-ring (bicyclic) bond motifs is 1. The van der Waals surface area contributed by atoms with Gasteiger partial charge >= 0.3 is 0 Å². The van der Waals surface area contributed by atoms with Crippen LogP contribution >= 0.6 is 15.9 Å². The smallest absolute Gasteiger partial charge is 0.137 e. The Bertz CT molecular complexity index is 422. The van der Waals surface area contributed by atoms with Crippen LogP contribution in [0.15, 0.2) is 29.1 Å². The lowest BCUT2D eigenvalue weighted by atomic mass is 10.2. The molecule has 0 atom stereocenters. The molecule has 2 heterocycles. The Kier molecular flexibility index (Phi) is 2.33. The molecule has 2 aromatic rings. The Hall–Kier alpha value is -0.870. The van der Waals surface area contributed by atoms with Crippen LogP contribution in [0.3, 0.4) is 0 Å². The van der Waals surface area contributed by atoms with Crippen LogP contribution in [0.4, 0.5) is 0 Å². The fourth-order valence-electron chi connectivity index (χ4n) is 1.31. The topological polar surface area (TPSA) is 43.3 Å². The normalized spacial score (nSPS) is 10.9. The minimum Gasteiger partial charge on any atom is -0.330 e. The summed E-state index contributed by atoms with van der Waals surface area (Å²) in [6, 6.07) is 4.05. The maximum absolute atomic E-state index is 5.48. The van der Waals surface area contributed by atoms with E-state index < -0.39 is 0 Å². The highest BCUT2D eigenvalue weighted by Crippen LogP contribution is 2.13. The van der Waals surface area contributed by atoms with Crippen molar-refractivity contribution in [3.63, 3.8) is 0 Å². The van der Waals surface area contributed by atoms with Crippen molar-refractivity contribution < 1.29 is 0 Å². The minimum atomic E-state index is 0.678. The summed E-state index contributed by atoms with van der Waals surface area (Å²) in [5.41, 5.74) is 7.66. The van der Waals surface area contributed by atoms with Gasteiger partial charge in [0.2, 0.25) is 0 Å². The summed E-state index contributed by atoms with van der Waals surface area (Å²) in [4.78, 5) is 4.20. The third kappa shape index (κ3) is 1.59. The predicted octanol–water partition coefficient (Wildman–Crippen LogP) is 1.60. The van der Waals surface area contributed by atoms with Gasteiger partial charge in [0.25, 0.3) is 0 Å². The van der Waals surface area contributed by atoms with E-state index in [1.807, 2.05) is 10.5 Å². The zero-order chi connectivity index (χ0) is 9.26. The average Bonchev–Trinajstić information content (AvgIpc) is 2.49. The maximum Gasteiger partial charge on any atom is 0.137 e. The molecule has 4 heteroatoms. The van der Waals surface area contributed by atoms with Crippen LogP contribution in [0.25, 0.3) is 5.65 Å². The van der Waals surface area contributed by atoms with Crippen molar-refractivity contribution in [2.45, 2.75) is 6.42 Å². The van der Waals surface area contributed by atoms with E-state index in [4.69, 9.17) is 5.73 Å². The van der Waals surface area contributed by atoms with Crippen molar-refractivity contribution in [1.82, 2.24) is 9.38 Å². The lowest BCUT2D eigenvalue weighted by Gasteiger charge is -2.00. The molecule has 0 radical (unpaired) electrons. The molecule has 0 aromatic carbocycles. The molecule has 0 aliphatic carbocycles. The molecular formula is C9H10BrN3. The molecule has 0 spiro atoms. The monoisotopic (exact) mass is 239 g/mol. The van der Waals surface area contributed by atoms with Gasteiger partial charge in [-0.15, -0.1) is 0 Å². The van der Waals surface area contributed by atoms with Crippen molar-refractivity contribution in [3.8, 4) is 0 Å². The molecule has 68 valence electrons. The second kappa shape index (κ2) is 3.47. The van der Waals surface area contributed by atoms with Crippen molar-refractivity contribution >= 4 is 21.6 Å². The van der Waals surface area contributed by atoms with Gasteiger partial charge in [-0.2, -0.15) is 0 Å². The van der Waals surface area contributed by atoms with E-state index in [0.29, 0.717) is 6.54 Å². The zero-order valence-corrected chi connectivity index (χ0v) is 8.66. The van der Waals surface area contributed by atoms with Gasteiger partial charge in [-0.3, -0.25) is 4.40 Å². The third-order valence-corrected chi connectivity index (χ3v) is 2.54. The quantitative estimate of drug-likeness (QED) is 0.866. The molecule has 0 aliphatic heterocycles. The molecule has 0 amide bonds. The largest absolute Gasteiger partial charge is 0.330 e. The molecule has 2 aromatic heterocycles. The first-order valence-corrected chi connectivity index (χ1v) is 4.92. The molecule has 13 heavy (non-hydrogen) atoms. The van der Waals surface area contributed by atoms with Gasteiger partial charge < -0.3 is 5.73 Å². The standard InChI is InChI=1S/C9H10BrN3/c10-8-5-12-9-2-1-7(3-4-11)6-13(8)9/h1-2,5-6H,3-4,11H2. The highest BCUT2D eigenvalue weighted by atomic mass is 79.9. The van der Waals surface area contributed by atoms with Crippen LogP contribution in [-0.2, 0) is 6.42 Å². The number of nitrogens with two attached hydrogens (primary N) is 1. The van der Waals surface area contributed by atoms with Gasteiger partial charge in [0.05, 0.1) is 6.20 Å². The number of imidazole rings is 1. The van der Waals surface area contributed by atoms with E-state index >= 15 is 0 Å². The molecule has 3 nitrogen and oxygen atoms in total. The van der Waals surface area contributed by atoms with Crippen molar-refractivity contribution in [1.29, 1.82) is 0 Å². The van der Waals surface area contributed by atoms with Gasteiger partial charge in [-0.25, -0.2) is 4.98 Å². The summed E-state index contributed by atoms with van der Waals surface area (Å²) in [5.74, 6) is 0. The lowest BCUT2D eigenvalue weighted by Crippen LogP contribution is -2.03. The number of hydrogen-bond donors (Lipinski definition) is 1. The average molecular weight is 240 g/mol. The second-order valence-electron chi connectivity index (χ2n) is 2.89. The molecule has 0 aliphatic rings. The van der Waals surface area contributed by atoms with Crippen molar-refractivity contribution in [2.24, 2.45) is 5.73 Å². The predicted molar refractivity (Wildman–Crippen MR) is 55.7 cm³/mol. The van der Waals surface area contributed by atoms with Gasteiger partial charge in [0.1, 0.15) is 10.3 Å². The molecule has 2 N–H and O–H groups in total. The summed E-state index contributed by atoms with van der Waals surface area (Å²) < 4.78 is 2.98. The summed E-state index contributed by atoms with van der Waals surface area (Å²) in [6.07, 6.45) is 4.75. The highest BCUT2D eigenvalue weighted by molar-refractivity contribution is 9.10. The lowest BCUT2D eigenvalue weighted by molar-refractivity contribution is 0.949. The maximum atomic E-state index is 5.48. The number of aromatic nitrogens is 2. The molecule has 0 saturated heterocycles. The van der Waals surface area contributed by atoms with Crippen LogP contribution < -0.4 is 5.73 Å². The van der Waals surface area contributed by atoms with E-state index in [1.54, 1.807) is 6.20 Å². The summed E-state index contributed by atoms with van der Waals surface area (Å²) in [7, 11) is 0. The van der Waals surface area contributed by atoms with Crippen LogP contribution in [-0.4, -0.2) is 15.9 Å². The molecule has 0 bridgehead atoms. The number of pyridine rings is 1. The van der Waals surface area contributed by atoms with Crippen molar-refractivity contribution in [3.05, 3.63) is 34.7 Å². The van der Waals surface area contributed by atoms with E-state index in [0.717, 1.165) is 16.7 Å². The first-order chi connectivity index (χ1) is 6.31. The number of nitrogens with zero attached hydrogens (tertiary/aromatic N) is 2. The highest BCUT2D eigenvalue weighted by Gasteiger charge is 2.00. The summed E-state index contributed by atoms with van der Waals surface area (Å²) in [6.45, 7) is 0.678. The van der Waals surface area contributed by atoms with Crippen LogP contribution in [0.5, 0.6) is 0 Å². The van der Waals surface area contributed by atoms with Gasteiger partial charge in [-0.05, 0) is 40.5 Å². The fraction of sp³-hybridized carbons (Fsp3) is 0.222. The second-order valence-corrected chi connectivity index (χ2v) is 3.70. The van der Waals surface area contributed by atoms with Gasteiger partial charge in [-0.1, -0.05) is 6.07 Å². The molecule has 0 saturated carbocycles. The summed E-state index contributed by atoms with van der Waals surface area (Å²) >= 11 is 3.42. The molecule has 0 fully saturated rings. The molecular weight excluding hydrogens is 230 g/mol. The van der Waals surface area contributed by atoms with Crippen LogP contribution in [0, 0.1) is 0 Å². The number of rotatable bonds is 2. The van der Waals surface area contributed by atoms with Gasteiger partial charge in [0, 0.05) is 6.20 Å². The first-order valence-electron chi connectivity index (χ1n) is 4.13. The van der Waals surface area contributed by atoms with Crippen LogP contribution in [0.1, 0.15) is 5.56 Å². The SMILES string of the molecule is NCCc1ccc2ncc(Br)n2c1. The van der Waals surface area contributed by atoms with E-state index in [9.17, 15) is 0 Å². The van der Waals surface area contributed by atoms with E-state index in [2.05, 4.69) is 33.2 Å². The molecule has 2 rings (SSSR count). The Morgan fingerprint density at radius 2 is 2.31 bits per heavy atom. The Balaban J connectivity index is 2.53. The number of halogens is 1. The van der Waals surface area contributed by atoms with Crippen LogP contribution in [0.2, 0.25) is 0 Å². The Labute approximate surface area is 84.7 Å².